The Bertz CT molecular complexity index is 850. The Hall–Kier alpha value is -1.74. The van der Waals surface area contributed by atoms with E-state index in [1.807, 2.05) is 22.6 Å². The van der Waals surface area contributed by atoms with Crippen molar-refractivity contribution in [3.63, 3.8) is 0 Å². The topological polar surface area (TPSA) is 62.2 Å². The standard InChI is InChI=1S/C14H8FIN2O2S/c15-9-5-7(16)1-2-10(9)18-12-8-3-4-17-6-11(8)21-13(12)14(19)20/h1-6,18H,(H,19,20). The number of carboxylic acid groups (broad SMARTS) is 1. The van der Waals surface area contributed by atoms with Crippen molar-refractivity contribution in [2.45, 2.75) is 0 Å². The first-order valence-corrected chi connectivity index (χ1v) is 7.77. The van der Waals surface area contributed by atoms with Crippen LogP contribution in [0.3, 0.4) is 0 Å². The molecular weight excluding hydrogens is 406 g/mol. The molecule has 4 nitrogen and oxygen atoms in total. The quantitative estimate of drug-likeness (QED) is 0.621. The fourth-order valence-electron chi connectivity index (χ4n) is 1.95. The summed E-state index contributed by atoms with van der Waals surface area (Å²) in [4.78, 5) is 15.5. The van der Waals surface area contributed by atoms with Gasteiger partial charge in [0, 0.05) is 21.4 Å². The molecule has 0 radical (unpaired) electrons. The largest absolute Gasteiger partial charge is 0.477 e. The molecule has 0 aliphatic carbocycles. The summed E-state index contributed by atoms with van der Waals surface area (Å²) in [5, 5.41) is 12.9. The van der Waals surface area contributed by atoms with Crippen LogP contribution in [0, 0.1) is 9.39 Å². The highest BCUT2D eigenvalue weighted by Gasteiger charge is 2.19. The highest BCUT2D eigenvalue weighted by atomic mass is 127. The maximum atomic E-state index is 14.0. The number of fused-ring (bicyclic) bond motifs is 1. The molecule has 0 aliphatic rings. The third-order valence-electron chi connectivity index (χ3n) is 2.88. The predicted molar refractivity (Wildman–Crippen MR) is 89.0 cm³/mol. The molecule has 3 rings (SSSR count). The van der Waals surface area contributed by atoms with Crippen LogP contribution < -0.4 is 5.32 Å². The number of benzene rings is 1. The van der Waals surface area contributed by atoms with Gasteiger partial charge >= 0.3 is 5.97 Å². The second kappa shape index (κ2) is 5.57. The van der Waals surface area contributed by atoms with Gasteiger partial charge < -0.3 is 10.4 Å². The lowest BCUT2D eigenvalue weighted by Crippen LogP contribution is -2.00. The number of carboxylic acids is 1. The lowest BCUT2D eigenvalue weighted by Gasteiger charge is -2.08. The molecule has 0 fully saturated rings. The molecule has 3 aromatic rings. The van der Waals surface area contributed by atoms with E-state index in [9.17, 15) is 14.3 Å². The SMILES string of the molecule is O=C(O)c1sc2cnccc2c1Nc1ccc(I)cc1F. The predicted octanol–water partition coefficient (Wildman–Crippen LogP) is 4.48. The molecule has 2 heterocycles. The lowest BCUT2D eigenvalue weighted by atomic mass is 10.2. The number of hydrogen-bond acceptors (Lipinski definition) is 4. The second-order valence-corrected chi connectivity index (χ2v) is 6.53. The van der Waals surface area contributed by atoms with E-state index in [0.29, 0.717) is 11.1 Å². The molecule has 106 valence electrons. The van der Waals surface area contributed by atoms with Crippen molar-refractivity contribution >= 4 is 61.4 Å². The van der Waals surface area contributed by atoms with Crippen molar-refractivity contribution in [2.24, 2.45) is 0 Å². The molecule has 0 saturated heterocycles. The number of anilines is 2. The molecule has 0 atom stereocenters. The zero-order valence-electron chi connectivity index (χ0n) is 10.4. The number of nitrogens with one attached hydrogen (secondary N) is 1. The molecule has 0 amide bonds. The Morgan fingerprint density at radius 2 is 2.19 bits per heavy atom. The summed E-state index contributed by atoms with van der Waals surface area (Å²) in [6, 6.07) is 6.45. The fourth-order valence-corrected chi connectivity index (χ4v) is 3.37. The molecule has 0 saturated carbocycles. The second-order valence-electron chi connectivity index (χ2n) is 4.23. The van der Waals surface area contributed by atoms with E-state index < -0.39 is 11.8 Å². The number of halogens is 2. The lowest BCUT2D eigenvalue weighted by molar-refractivity contribution is 0.0703. The zero-order chi connectivity index (χ0) is 15.0. The minimum atomic E-state index is -1.05. The van der Waals surface area contributed by atoms with Gasteiger partial charge in [-0.15, -0.1) is 11.3 Å². The minimum Gasteiger partial charge on any atom is -0.477 e. The molecular formula is C14H8FIN2O2S. The van der Waals surface area contributed by atoms with Crippen LogP contribution in [-0.2, 0) is 0 Å². The molecule has 0 unspecified atom stereocenters. The van der Waals surface area contributed by atoms with Crippen molar-refractivity contribution in [2.75, 3.05) is 5.32 Å². The summed E-state index contributed by atoms with van der Waals surface area (Å²) < 4.78 is 15.5. The number of rotatable bonds is 3. The number of aromatic nitrogens is 1. The number of carbonyl (C=O) groups is 1. The Kier molecular flexibility index (Phi) is 3.77. The van der Waals surface area contributed by atoms with Gasteiger partial charge in [-0.05, 0) is 46.9 Å². The number of nitrogens with zero attached hydrogens (tertiary/aromatic N) is 1. The van der Waals surface area contributed by atoms with Gasteiger partial charge in [0.2, 0.25) is 0 Å². The van der Waals surface area contributed by atoms with Crippen LogP contribution in [0.15, 0.2) is 36.7 Å². The van der Waals surface area contributed by atoms with Crippen molar-refractivity contribution in [1.29, 1.82) is 0 Å². The summed E-state index contributed by atoms with van der Waals surface area (Å²) in [5.74, 6) is -1.48. The van der Waals surface area contributed by atoms with Gasteiger partial charge in [-0.1, -0.05) is 0 Å². The van der Waals surface area contributed by atoms with Gasteiger partial charge in [-0.25, -0.2) is 9.18 Å². The van der Waals surface area contributed by atoms with Gasteiger partial charge in [0.05, 0.1) is 16.1 Å². The molecule has 7 heteroatoms. The van der Waals surface area contributed by atoms with Crippen LogP contribution in [0.25, 0.3) is 10.1 Å². The van der Waals surface area contributed by atoms with E-state index in [0.717, 1.165) is 19.6 Å². The van der Waals surface area contributed by atoms with Crippen LogP contribution in [0.4, 0.5) is 15.8 Å². The Morgan fingerprint density at radius 1 is 1.38 bits per heavy atom. The molecule has 0 bridgehead atoms. The van der Waals surface area contributed by atoms with E-state index in [1.165, 1.54) is 6.07 Å². The monoisotopic (exact) mass is 414 g/mol. The van der Waals surface area contributed by atoms with Crippen LogP contribution in [-0.4, -0.2) is 16.1 Å². The van der Waals surface area contributed by atoms with E-state index in [-0.39, 0.29) is 10.6 Å². The van der Waals surface area contributed by atoms with E-state index in [2.05, 4.69) is 10.3 Å². The summed E-state index contributed by atoms with van der Waals surface area (Å²) in [6.45, 7) is 0. The number of pyridine rings is 1. The van der Waals surface area contributed by atoms with Gasteiger partial charge in [-0.3, -0.25) is 4.98 Å². The van der Waals surface area contributed by atoms with Crippen molar-refractivity contribution in [1.82, 2.24) is 4.98 Å². The Labute approximate surface area is 136 Å². The number of hydrogen-bond donors (Lipinski definition) is 2. The first-order valence-electron chi connectivity index (χ1n) is 5.88. The average Bonchev–Trinajstić information content (AvgIpc) is 2.81. The van der Waals surface area contributed by atoms with Gasteiger partial charge in [0.1, 0.15) is 10.7 Å². The van der Waals surface area contributed by atoms with Gasteiger partial charge in [0.15, 0.2) is 0 Å². The van der Waals surface area contributed by atoms with Crippen molar-refractivity contribution < 1.29 is 14.3 Å². The van der Waals surface area contributed by atoms with Crippen LogP contribution in [0.5, 0.6) is 0 Å². The Balaban J connectivity index is 2.14. The third kappa shape index (κ3) is 2.70. The molecule has 0 aliphatic heterocycles. The van der Waals surface area contributed by atoms with Crippen LogP contribution >= 0.6 is 33.9 Å². The van der Waals surface area contributed by atoms with Crippen LogP contribution in [0.1, 0.15) is 9.67 Å². The first kappa shape index (κ1) is 14.2. The zero-order valence-corrected chi connectivity index (χ0v) is 13.4. The van der Waals surface area contributed by atoms with Crippen molar-refractivity contribution in [3.8, 4) is 0 Å². The molecule has 1 aromatic carbocycles. The van der Waals surface area contributed by atoms with E-state index in [1.54, 1.807) is 30.6 Å². The first-order chi connectivity index (χ1) is 10.1. The molecule has 21 heavy (non-hydrogen) atoms. The summed E-state index contributed by atoms with van der Waals surface area (Å²) in [5.41, 5.74) is 0.638. The maximum absolute atomic E-state index is 14.0. The normalized spacial score (nSPS) is 10.8. The van der Waals surface area contributed by atoms with Crippen LogP contribution in [0.2, 0.25) is 0 Å². The summed E-state index contributed by atoms with van der Waals surface area (Å²) >= 11 is 3.13. The highest BCUT2D eigenvalue weighted by Crippen LogP contribution is 2.37. The Morgan fingerprint density at radius 3 is 2.90 bits per heavy atom. The highest BCUT2D eigenvalue weighted by molar-refractivity contribution is 14.1. The third-order valence-corrected chi connectivity index (χ3v) is 4.68. The number of thiophene rings is 1. The number of aromatic carboxylic acids is 1. The smallest absolute Gasteiger partial charge is 0.348 e. The summed E-state index contributed by atoms with van der Waals surface area (Å²) in [6.07, 6.45) is 3.18. The van der Waals surface area contributed by atoms with Crippen molar-refractivity contribution in [3.05, 3.63) is 50.9 Å². The minimum absolute atomic E-state index is 0.135. The summed E-state index contributed by atoms with van der Waals surface area (Å²) in [7, 11) is 0. The van der Waals surface area contributed by atoms with E-state index >= 15 is 0 Å². The molecule has 0 spiro atoms. The average molecular weight is 414 g/mol. The van der Waals surface area contributed by atoms with E-state index in [4.69, 9.17) is 0 Å². The fraction of sp³-hybridized carbons (Fsp3) is 0. The van der Waals surface area contributed by atoms with Gasteiger partial charge in [-0.2, -0.15) is 0 Å². The molecule has 2 aromatic heterocycles. The van der Waals surface area contributed by atoms with Gasteiger partial charge in [0.25, 0.3) is 0 Å². The maximum Gasteiger partial charge on any atom is 0.348 e. The molecule has 2 N–H and O–H groups in total.